The zero-order chi connectivity index (χ0) is 27.3. The van der Waals surface area contributed by atoms with Gasteiger partial charge in [0.2, 0.25) is 5.91 Å². The molecule has 37 heavy (non-hydrogen) atoms. The van der Waals surface area contributed by atoms with Gasteiger partial charge >= 0.3 is 11.9 Å². The average Bonchev–Trinajstić information content (AvgIpc) is 2.84. The number of anilines is 1. The maximum atomic E-state index is 12.8. The number of aliphatic carboxylic acids is 2. The Kier molecular flexibility index (Phi) is 8.48. The van der Waals surface area contributed by atoms with Crippen LogP contribution in [0.5, 0.6) is 0 Å². The molecule has 0 aromatic heterocycles. The molecule has 0 heterocycles. The summed E-state index contributed by atoms with van der Waals surface area (Å²) >= 11 is 0. The number of nitrogens with one attached hydrogen (secondary N) is 2. The van der Waals surface area contributed by atoms with Gasteiger partial charge in [0, 0.05) is 30.2 Å². The molecule has 2 aromatic carbocycles. The first-order valence-electron chi connectivity index (χ1n) is 11.5. The van der Waals surface area contributed by atoms with Crippen LogP contribution >= 0.6 is 0 Å². The molecule has 1 amide bonds. The Morgan fingerprint density at radius 3 is 2.16 bits per heavy atom. The quantitative estimate of drug-likeness (QED) is 0.262. The predicted molar refractivity (Wildman–Crippen MR) is 131 cm³/mol. The number of hydrogen-bond acceptors (Lipinski definition) is 7. The van der Waals surface area contributed by atoms with Crippen molar-refractivity contribution >= 4 is 39.2 Å². The summed E-state index contributed by atoms with van der Waals surface area (Å²) in [5, 5.41) is 32.2. The minimum atomic E-state index is -4.13. The van der Waals surface area contributed by atoms with Gasteiger partial charge in [-0.1, -0.05) is 18.2 Å². The van der Waals surface area contributed by atoms with Crippen LogP contribution in [0.4, 0.5) is 11.4 Å². The second-order valence-corrected chi connectivity index (χ2v) is 10.7. The van der Waals surface area contributed by atoms with Crippen molar-refractivity contribution in [3.05, 3.63) is 63.7 Å². The number of sulfonamides is 1. The van der Waals surface area contributed by atoms with Crippen LogP contribution in [0.3, 0.4) is 0 Å². The predicted octanol–water partition coefficient (Wildman–Crippen LogP) is 2.71. The van der Waals surface area contributed by atoms with E-state index in [-0.39, 0.29) is 22.7 Å². The Morgan fingerprint density at radius 2 is 1.62 bits per heavy atom. The number of hydrogen-bond donors (Lipinski definition) is 4. The lowest BCUT2D eigenvalue weighted by Crippen LogP contribution is -2.45. The summed E-state index contributed by atoms with van der Waals surface area (Å²) in [5.41, 5.74) is 0.654. The standard InChI is InChI=1S/C24H27N3O9S/c1-14-2-11-19(27(33)34)13-21(14)37(35,36)26-18-9-3-15(4-10-18)12-20(24(31)32)25-22(28)16-5-7-17(8-6-16)23(29)30/h2-4,9-11,13,16-17,20,26H,5-8,12H2,1H3,(H,25,28)(H,29,30)(H,31,32)/t16-,17-,20-/m0/s1. The van der Waals surface area contributed by atoms with E-state index in [4.69, 9.17) is 5.11 Å². The van der Waals surface area contributed by atoms with Gasteiger partial charge in [-0.25, -0.2) is 13.2 Å². The van der Waals surface area contributed by atoms with Crippen molar-refractivity contribution in [2.45, 2.75) is 50.0 Å². The number of rotatable bonds is 10. The lowest BCUT2D eigenvalue weighted by atomic mass is 9.81. The molecule has 1 aliphatic carbocycles. The Labute approximate surface area is 212 Å². The third kappa shape index (κ3) is 7.03. The fourth-order valence-corrected chi connectivity index (χ4v) is 5.56. The molecule has 1 atom stereocenters. The van der Waals surface area contributed by atoms with Crippen molar-refractivity contribution in [3.8, 4) is 0 Å². The van der Waals surface area contributed by atoms with Gasteiger partial charge in [-0.3, -0.25) is 24.4 Å². The van der Waals surface area contributed by atoms with Crippen LogP contribution in [0, 0.1) is 28.9 Å². The smallest absolute Gasteiger partial charge is 0.326 e. The number of nitro benzene ring substituents is 1. The molecule has 12 nitrogen and oxygen atoms in total. The van der Waals surface area contributed by atoms with E-state index in [9.17, 15) is 38.0 Å². The van der Waals surface area contributed by atoms with Crippen molar-refractivity contribution in [3.63, 3.8) is 0 Å². The zero-order valence-corrected chi connectivity index (χ0v) is 20.7. The van der Waals surface area contributed by atoms with Crippen molar-refractivity contribution in [2.24, 2.45) is 11.8 Å². The second-order valence-electron chi connectivity index (χ2n) is 9.00. The number of carbonyl (C=O) groups is 3. The number of amides is 1. The minimum Gasteiger partial charge on any atom is -0.481 e. The molecule has 0 spiro atoms. The van der Waals surface area contributed by atoms with E-state index in [2.05, 4.69) is 10.0 Å². The number of non-ortho nitro benzene ring substituents is 1. The lowest BCUT2D eigenvalue weighted by Gasteiger charge is -2.26. The average molecular weight is 534 g/mol. The summed E-state index contributed by atoms with van der Waals surface area (Å²) in [6, 6.07) is 8.17. The Balaban J connectivity index is 1.65. The lowest BCUT2D eigenvalue weighted by molar-refractivity contribution is -0.385. The van der Waals surface area contributed by atoms with Gasteiger partial charge < -0.3 is 15.5 Å². The van der Waals surface area contributed by atoms with E-state index in [0.717, 1.165) is 6.07 Å². The van der Waals surface area contributed by atoms with Gasteiger partial charge in [0.15, 0.2) is 0 Å². The van der Waals surface area contributed by atoms with E-state index in [1.165, 1.54) is 43.3 Å². The molecular formula is C24H27N3O9S. The second kappa shape index (κ2) is 11.4. The summed E-state index contributed by atoms with van der Waals surface area (Å²) in [4.78, 5) is 45.5. The molecule has 1 saturated carbocycles. The highest BCUT2D eigenvalue weighted by molar-refractivity contribution is 7.92. The molecule has 0 bridgehead atoms. The number of nitro groups is 1. The van der Waals surface area contributed by atoms with Gasteiger partial charge in [0.1, 0.15) is 6.04 Å². The topological polar surface area (TPSA) is 193 Å². The van der Waals surface area contributed by atoms with Crippen LogP contribution in [0.2, 0.25) is 0 Å². The summed E-state index contributed by atoms with van der Waals surface area (Å²) in [6.45, 7) is 1.51. The number of aryl methyl sites for hydroxylation is 1. The highest BCUT2D eigenvalue weighted by Gasteiger charge is 2.32. The number of carboxylic acid groups (broad SMARTS) is 2. The largest absolute Gasteiger partial charge is 0.481 e. The van der Waals surface area contributed by atoms with Gasteiger partial charge in [-0.15, -0.1) is 0 Å². The van der Waals surface area contributed by atoms with Gasteiger partial charge in [-0.2, -0.15) is 0 Å². The van der Waals surface area contributed by atoms with E-state index in [1.807, 2.05) is 0 Å². The maximum absolute atomic E-state index is 12.8. The summed E-state index contributed by atoms with van der Waals surface area (Å²) < 4.78 is 27.9. The van der Waals surface area contributed by atoms with Crippen LogP contribution in [-0.4, -0.2) is 47.4 Å². The summed E-state index contributed by atoms with van der Waals surface area (Å²) in [5.74, 6) is -3.51. The highest BCUT2D eigenvalue weighted by atomic mass is 32.2. The van der Waals surface area contributed by atoms with Crippen molar-refractivity contribution in [1.82, 2.24) is 5.32 Å². The Bertz CT molecular complexity index is 1300. The van der Waals surface area contributed by atoms with Crippen molar-refractivity contribution in [2.75, 3.05) is 4.72 Å². The monoisotopic (exact) mass is 533 g/mol. The molecule has 198 valence electrons. The number of benzene rings is 2. The number of carbonyl (C=O) groups excluding carboxylic acids is 1. The first-order chi connectivity index (χ1) is 17.4. The number of nitrogens with zero attached hydrogens (tertiary/aromatic N) is 1. The third-order valence-electron chi connectivity index (χ3n) is 6.38. The van der Waals surface area contributed by atoms with Crippen LogP contribution in [0.1, 0.15) is 36.8 Å². The summed E-state index contributed by atoms with van der Waals surface area (Å²) in [6.07, 6.45) is 1.40. The maximum Gasteiger partial charge on any atom is 0.326 e. The molecular weight excluding hydrogens is 506 g/mol. The molecule has 0 saturated heterocycles. The fourth-order valence-electron chi connectivity index (χ4n) is 4.24. The van der Waals surface area contributed by atoms with E-state index in [0.29, 0.717) is 36.8 Å². The molecule has 0 unspecified atom stereocenters. The Morgan fingerprint density at radius 1 is 1.03 bits per heavy atom. The molecule has 13 heteroatoms. The van der Waals surface area contributed by atoms with Gasteiger partial charge in [0.25, 0.3) is 15.7 Å². The van der Waals surface area contributed by atoms with Crippen LogP contribution < -0.4 is 10.0 Å². The molecule has 0 radical (unpaired) electrons. The van der Waals surface area contributed by atoms with E-state index in [1.54, 1.807) is 0 Å². The van der Waals surface area contributed by atoms with Gasteiger partial charge in [0.05, 0.1) is 15.7 Å². The normalized spacial score (nSPS) is 18.4. The Hall–Kier alpha value is -4.00. The van der Waals surface area contributed by atoms with Gasteiger partial charge in [-0.05, 0) is 55.9 Å². The van der Waals surface area contributed by atoms with E-state index < -0.39 is 50.7 Å². The summed E-state index contributed by atoms with van der Waals surface area (Å²) in [7, 11) is -4.13. The minimum absolute atomic E-state index is 0.0530. The van der Waals surface area contributed by atoms with Crippen LogP contribution in [0.15, 0.2) is 47.4 Å². The molecule has 0 aliphatic heterocycles. The first-order valence-corrected chi connectivity index (χ1v) is 13.0. The molecule has 2 aromatic rings. The molecule has 1 aliphatic rings. The van der Waals surface area contributed by atoms with Crippen molar-refractivity contribution in [1.29, 1.82) is 0 Å². The highest BCUT2D eigenvalue weighted by Crippen LogP contribution is 2.29. The fraction of sp³-hybridized carbons (Fsp3) is 0.375. The molecule has 4 N–H and O–H groups in total. The molecule has 3 rings (SSSR count). The SMILES string of the molecule is Cc1ccc([N+](=O)[O-])cc1S(=O)(=O)Nc1ccc(C[C@H](NC(=O)[C@H]2CC[C@H](C(=O)O)CC2)C(=O)O)cc1. The van der Waals surface area contributed by atoms with E-state index >= 15 is 0 Å². The molecule has 1 fully saturated rings. The zero-order valence-electron chi connectivity index (χ0n) is 19.9. The number of carboxylic acids is 2. The first kappa shape index (κ1) is 27.6. The van der Waals surface area contributed by atoms with Crippen LogP contribution in [-0.2, 0) is 30.8 Å². The third-order valence-corrected chi connectivity index (χ3v) is 7.90. The van der Waals surface area contributed by atoms with Crippen molar-refractivity contribution < 1.29 is 37.9 Å². The van der Waals surface area contributed by atoms with Crippen LogP contribution in [0.25, 0.3) is 0 Å².